The van der Waals surface area contributed by atoms with Crippen molar-refractivity contribution < 1.29 is 14.7 Å². The number of benzene rings is 1. The molecule has 0 bridgehead atoms. The standard InChI is InChI=1S/C15H21NO3/c1-3-12(9-14(17)18)10-16-15(19)11(2)13-7-5-4-6-8-13/h4-8,11-12H,3,9-10H2,1-2H3,(H,16,19)(H,17,18). The first-order valence-electron chi connectivity index (χ1n) is 6.59. The van der Waals surface area contributed by atoms with Crippen LogP contribution in [0.25, 0.3) is 0 Å². The molecule has 0 saturated heterocycles. The lowest BCUT2D eigenvalue weighted by atomic mass is 9.99. The SMILES string of the molecule is CCC(CNC(=O)C(C)c1ccccc1)CC(=O)O. The summed E-state index contributed by atoms with van der Waals surface area (Å²) in [4.78, 5) is 22.6. The molecule has 0 radical (unpaired) electrons. The van der Waals surface area contributed by atoms with E-state index in [1.165, 1.54) is 0 Å². The molecule has 0 fully saturated rings. The summed E-state index contributed by atoms with van der Waals surface area (Å²) < 4.78 is 0. The second-order valence-electron chi connectivity index (χ2n) is 4.75. The van der Waals surface area contributed by atoms with E-state index < -0.39 is 5.97 Å². The first kappa shape index (κ1) is 15.2. The molecule has 2 atom stereocenters. The van der Waals surface area contributed by atoms with Gasteiger partial charge >= 0.3 is 5.97 Å². The Hall–Kier alpha value is -1.84. The van der Waals surface area contributed by atoms with Crippen molar-refractivity contribution in [1.29, 1.82) is 0 Å². The molecule has 1 aromatic rings. The number of rotatable bonds is 7. The molecule has 0 aliphatic heterocycles. The average molecular weight is 263 g/mol. The molecule has 1 aromatic carbocycles. The van der Waals surface area contributed by atoms with E-state index in [0.717, 1.165) is 12.0 Å². The molecule has 0 spiro atoms. The Morgan fingerprint density at radius 1 is 1.26 bits per heavy atom. The highest BCUT2D eigenvalue weighted by Gasteiger charge is 2.17. The second kappa shape index (κ2) is 7.56. The summed E-state index contributed by atoms with van der Waals surface area (Å²) >= 11 is 0. The van der Waals surface area contributed by atoms with Gasteiger partial charge in [-0.2, -0.15) is 0 Å². The van der Waals surface area contributed by atoms with E-state index in [0.29, 0.717) is 6.54 Å². The molecule has 2 N–H and O–H groups in total. The lowest BCUT2D eigenvalue weighted by Crippen LogP contribution is -2.33. The fourth-order valence-electron chi connectivity index (χ4n) is 1.90. The number of hydrogen-bond acceptors (Lipinski definition) is 2. The second-order valence-corrected chi connectivity index (χ2v) is 4.75. The van der Waals surface area contributed by atoms with Gasteiger partial charge in [0.25, 0.3) is 0 Å². The topological polar surface area (TPSA) is 66.4 Å². The maximum absolute atomic E-state index is 12.0. The van der Waals surface area contributed by atoms with Gasteiger partial charge in [0.1, 0.15) is 0 Å². The van der Waals surface area contributed by atoms with Crippen LogP contribution in [0.15, 0.2) is 30.3 Å². The molecule has 0 aliphatic rings. The highest BCUT2D eigenvalue weighted by atomic mass is 16.4. The quantitative estimate of drug-likeness (QED) is 0.794. The van der Waals surface area contributed by atoms with Crippen molar-refractivity contribution in [3.05, 3.63) is 35.9 Å². The first-order valence-corrected chi connectivity index (χ1v) is 6.59. The first-order chi connectivity index (χ1) is 9.04. The Labute approximate surface area is 113 Å². The van der Waals surface area contributed by atoms with E-state index in [4.69, 9.17) is 5.11 Å². The number of carboxylic acids is 1. The fraction of sp³-hybridized carbons (Fsp3) is 0.467. The van der Waals surface area contributed by atoms with Crippen molar-refractivity contribution in [3.63, 3.8) is 0 Å². The third kappa shape index (κ3) is 5.12. The van der Waals surface area contributed by atoms with Gasteiger partial charge in [0.05, 0.1) is 5.92 Å². The molecule has 0 aliphatic carbocycles. The van der Waals surface area contributed by atoms with Gasteiger partial charge in [0.15, 0.2) is 0 Å². The van der Waals surface area contributed by atoms with Gasteiger partial charge < -0.3 is 10.4 Å². The van der Waals surface area contributed by atoms with Gasteiger partial charge in [0.2, 0.25) is 5.91 Å². The van der Waals surface area contributed by atoms with Gasteiger partial charge in [-0.25, -0.2) is 0 Å². The normalized spacial score (nSPS) is 13.6. The van der Waals surface area contributed by atoms with Crippen molar-refractivity contribution >= 4 is 11.9 Å². The summed E-state index contributed by atoms with van der Waals surface area (Å²) in [5.41, 5.74) is 0.964. The predicted octanol–water partition coefficient (Wildman–Crippen LogP) is 2.41. The van der Waals surface area contributed by atoms with Crippen LogP contribution in [0.1, 0.15) is 38.2 Å². The summed E-state index contributed by atoms with van der Waals surface area (Å²) in [7, 11) is 0. The number of carboxylic acid groups (broad SMARTS) is 1. The summed E-state index contributed by atoms with van der Waals surface area (Å²) in [6, 6.07) is 9.54. The van der Waals surface area contributed by atoms with Crippen molar-refractivity contribution in [1.82, 2.24) is 5.32 Å². The number of nitrogens with one attached hydrogen (secondary N) is 1. The van der Waals surface area contributed by atoms with E-state index >= 15 is 0 Å². The lowest BCUT2D eigenvalue weighted by Gasteiger charge is -2.16. The van der Waals surface area contributed by atoms with E-state index in [2.05, 4.69) is 5.32 Å². The molecule has 0 heterocycles. The summed E-state index contributed by atoms with van der Waals surface area (Å²) in [5, 5.41) is 11.6. The van der Waals surface area contributed by atoms with Crippen molar-refractivity contribution in [2.45, 2.75) is 32.6 Å². The molecule has 4 nitrogen and oxygen atoms in total. The molecule has 19 heavy (non-hydrogen) atoms. The van der Waals surface area contributed by atoms with Gasteiger partial charge in [-0.3, -0.25) is 9.59 Å². The smallest absolute Gasteiger partial charge is 0.303 e. The average Bonchev–Trinajstić information content (AvgIpc) is 2.42. The monoisotopic (exact) mass is 263 g/mol. The molecule has 1 rings (SSSR count). The number of carbonyl (C=O) groups is 2. The zero-order valence-corrected chi connectivity index (χ0v) is 11.4. The molecule has 104 valence electrons. The predicted molar refractivity (Wildman–Crippen MR) is 73.9 cm³/mol. The van der Waals surface area contributed by atoms with Crippen LogP contribution in [-0.2, 0) is 9.59 Å². The molecular formula is C15H21NO3. The van der Waals surface area contributed by atoms with Crippen molar-refractivity contribution in [2.75, 3.05) is 6.54 Å². The highest BCUT2D eigenvalue weighted by molar-refractivity contribution is 5.83. The summed E-state index contributed by atoms with van der Waals surface area (Å²) in [6.45, 7) is 4.20. The lowest BCUT2D eigenvalue weighted by molar-refractivity contribution is -0.138. The van der Waals surface area contributed by atoms with Crippen LogP contribution in [0, 0.1) is 5.92 Å². The minimum atomic E-state index is -0.822. The Morgan fingerprint density at radius 3 is 2.42 bits per heavy atom. The molecule has 0 aromatic heterocycles. The van der Waals surface area contributed by atoms with Crippen LogP contribution in [0.5, 0.6) is 0 Å². The van der Waals surface area contributed by atoms with Gasteiger partial charge in [-0.1, -0.05) is 43.7 Å². The van der Waals surface area contributed by atoms with Gasteiger partial charge in [-0.05, 0) is 18.4 Å². The van der Waals surface area contributed by atoms with Crippen LogP contribution in [0.3, 0.4) is 0 Å². The van der Waals surface area contributed by atoms with Crippen LogP contribution >= 0.6 is 0 Å². The zero-order valence-electron chi connectivity index (χ0n) is 11.4. The van der Waals surface area contributed by atoms with E-state index in [1.54, 1.807) is 0 Å². The Kier molecular flexibility index (Phi) is 6.06. The molecule has 1 amide bonds. The minimum absolute atomic E-state index is 0.00979. The Balaban J connectivity index is 2.48. The fourth-order valence-corrected chi connectivity index (χ4v) is 1.90. The minimum Gasteiger partial charge on any atom is -0.481 e. The maximum atomic E-state index is 12.0. The maximum Gasteiger partial charge on any atom is 0.303 e. The van der Waals surface area contributed by atoms with Crippen molar-refractivity contribution in [2.24, 2.45) is 5.92 Å². The zero-order chi connectivity index (χ0) is 14.3. The Bertz CT molecular complexity index is 417. The Morgan fingerprint density at radius 2 is 1.89 bits per heavy atom. The molecule has 4 heteroatoms. The van der Waals surface area contributed by atoms with Crippen LogP contribution in [0.2, 0.25) is 0 Å². The van der Waals surface area contributed by atoms with E-state index in [9.17, 15) is 9.59 Å². The van der Waals surface area contributed by atoms with Gasteiger partial charge in [-0.15, -0.1) is 0 Å². The largest absolute Gasteiger partial charge is 0.481 e. The summed E-state index contributed by atoms with van der Waals surface area (Å²) in [6.07, 6.45) is 0.836. The van der Waals surface area contributed by atoms with Crippen molar-refractivity contribution in [3.8, 4) is 0 Å². The third-order valence-corrected chi connectivity index (χ3v) is 3.30. The van der Waals surface area contributed by atoms with E-state index in [1.807, 2.05) is 44.2 Å². The number of aliphatic carboxylic acids is 1. The molecule has 0 saturated carbocycles. The van der Waals surface area contributed by atoms with Crippen LogP contribution < -0.4 is 5.32 Å². The van der Waals surface area contributed by atoms with Crippen LogP contribution in [0.4, 0.5) is 0 Å². The van der Waals surface area contributed by atoms with Crippen LogP contribution in [-0.4, -0.2) is 23.5 Å². The number of amides is 1. The highest BCUT2D eigenvalue weighted by Crippen LogP contribution is 2.15. The molecular weight excluding hydrogens is 242 g/mol. The summed E-state index contributed by atoms with van der Waals surface area (Å²) in [5.74, 6) is -1.11. The number of carbonyl (C=O) groups excluding carboxylic acids is 1. The van der Waals surface area contributed by atoms with E-state index in [-0.39, 0.29) is 24.2 Å². The van der Waals surface area contributed by atoms with Gasteiger partial charge in [0, 0.05) is 13.0 Å². The third-order valence-electron chi connectivity index (χ3n) is 3.30. The molecule has 2 unspecified atom stereocenters. The number of hydrogen-bond donors (Lipinski definition) is 2.